The molecule has 0 saturated heterocycles. The summed E-state index contributed by atoms with van der Waals surface area (Å²) in [5.74, 6) is -0.976. The molecule has 1 aromatic carbocycles. The van der Waals surface area contributed by atoms with Gasteiger partial charge in [-0.3, -0.25) is 4.57 Å². The molecule has 0 amide bonds. The van der Waals surface area contributed by atoms with Crippen LogP contribution in [-0.2, 0) is 0 Å². The number of nitrogens with zero attached hydrogens (tertiary/aromatic N) is 2. The van der Waals surface area contributed by atoms with Crippen molar-refractivity contribution in [2.24, 2.45) is 0 Å². The van der Waals surface area contributed by atoms with Crippen molar-refractivity contribution in [3.05, 3.63) is 46.7 Å². The van der Waals surface area contributed by atoms with Crippen LogP contribution in [0.5, 0.6) is 5.88 Å². The quantitative estimate of drug-likeness (QED) is 0.737. The van der Waals surface area contributed by atoms with E-state index in [1.165, 1.54) is 23.8 Å². The second kappa shape index (κ2) is 4.68. The number of aromatic amines is 1. The van der Waals surface area contributed by atoms with E-state index >= 15 is 0 Å². The molecule has 0 fully saturated rings. The molecule has 2 aromatic heterocycles. The van der Waals surface area contributed by atoms with E-state index in [4.69, 9.17) is 17.0 Å². The summed E-state index contributed by atoms with van der Waals surface area (Å²) >= 11 is 5.18. The van der Waals surface area contributed by atoms with E-state index in [0.717, 1.165) is 6.07 Å². The van der Waals surface area contributed by atoms with Crippen molar-refractivity contribution in [1.82, 2.24) is 14.5 Å². The van der Waals surface area contributed by atoms with Gasteiger partial charge in [0.1, 0.15) is 11.6 Å². The number of methoxy groups -OCH3 is 1. The van der Waals surface area contributed by atoms with Gasteiger partial charge in [-0.2, -0.15) is 4.98 Å². The highest BCUT2D eigenvalue weighted by Crippen LogP contribution is 2.21. The molecule has 4 nitrogen and oxygen atoms in total. The second-order valence-electron chi connectivity index (χ2n) is 4.12. The van der Waals surface area contributed by atoms with Crippen LogP contribution in [0.1, 0.15) is 0 Å². The summed E-state index contributed by atoms with van der Waals surface area (Å²) in [6, 6.07) is 6.59. The van der Waals surface area contributed by atoms with Gasteiger partial charge in [-0.05, 0) is 30.4 Å². The number of ether oxygens (including phenoxy) is 1. The summed E-state index contributed by atoms with van der Waals surface area (Å²) in [5, 5.41) is 0. The van der Waals surface area contributed by atoms with Crippen LogP contribution in [0.25, 0.3) is 16.9 Å². The molecule has 0 radical (unpaired) electrons. The van der Waals surface area contributed by atoms with E-state index in [-0.39, 0.29) is 5.69 Å². The van der Waals surface area contributed by atoms with E-state index in [2.05, 4.69) is 9.97 Å². The van der Waals surface area contributed by atoms with Crippen LogP contribution < -0.4 is 4.74 Å². The lowest BCUT2D eigenvalue weighted by molar-refractivity contribution is 0.399. The van der Waals surface area contributed by atoms with Crippen molar-refractivity contribution in [2.45, 2.75) is 0 Å². The molecule has 0 aliphatic rings. The zero-order valence-electron chi connectivity index (χ0n) is 10.4. The van der Waals surface area contributed by atoms with Crippen molar-refractivity contribution in [2.75, 3.05) is 7.11 Å². The highest BCUT2D eigenvalue weighted by molar-refractivity contribution is 7.71. The van der Waals surface area contributed by atoms with Crippen LogP contribution in [0.15, 0.2) is 30.3 Å². The fraction of sp³-hybridized carbons (Fsp3) is 0.0769. The van der Waals surface area contributed by atoms with Gasteiger partial charge in [-0.1, -0.05) is 0 Å². The van der Waals surface area contributed by atoms with Gasteiger partial charge in [0.2, 0.25) is 5.88 Å². The number of imidazole rings is 1. The largest absolute Gasteiger partial charge is 0.481 e. The van der Waals surface area contributed by atoms with Crippen LogP contribution in [0.4, 0.5) is 8.78 Å². The lowest BCUT2D eigenvalue weighted by Gasteiger charge is -2.05. The topological polar surface area (TPSA) is 42.8 Å². The third kappa shape index (κ3) is 2.05. The van der Waals surface area contributed by atoms with Crippen molar-refractivity contribution >= 4 is 23.4 Å². The number of nitrogens with one attached hydrogen (secondary N) is 1. The summed E-state index contributed by atoms with van der Waals surface area (Å²) in [6.07, 6.45) is 0. The van der Waals surface area contributed by atoms with Gasteiger partial charge in [-0.15, -0.1) is 0 Å². The molecule has 3 rings (SSSR count). The Kier molecular flexibility index (Phi) is 2.98. The number of aromatic nitrogens is 3. The minimum atomic E-state index is -0.681. The Bertz CT molecular complexity index is 836. The minimum absolute atomic E-state index is 0.263. The molecule has 0 saturated carbocycles. The lowest BCUT2D eigenvalue weighted by Crippen LogP contribution is -1.98. The van der Waals surface area contributed by atoms with Gasteiger partial charge >= 0.3 is 0 Å². The molecule has 7 heteroatoms. The van der Waals surface area contributed by atoms with Crippen molar-refractivity contribution < 1.29 is 13.5 Å². The van der Waals surface area contributed by atoms with E-state index < -0.39 is 11.6 Å². The average molecular weight is 293 g/mol. The molecule has 1 N–H and O–H groups in total. The van der Waals surface area contributed by atoms with Gasteiger partial charge < -0.3 is 9.72 Å². The van der Waals surface area contributed by atoms with Gasteiger partial charge in [0.15, 0.2) is 10.4 Å². The first-order valence-electron chi connectivity index (χ1n) is 5.71. The smallest absolute Gasteiger partial charge is 0.215 e. The van der Waals surface area contributed by atoms with E-state index in [1.54, 1.807) is 12.1 Å². The summed E-state index contributed by atoms with van der Waals surface area (Å²) in [7, 11) is 1.49. The van der Waals surface area contributed by atoms with E-state index in [9.17, 15) is 8.78 Å². The average Bonchev–Trinajstić information content (AvgIpc) is 2.72. The van der Waals surface area contributed by atoms with Gasteiger partial charge in [0, 0.05) is 12.1 Å². The molecule has 0 bridgehead atoms. The van der Waals surface area contributed by atoms with Crippen LogP contribution in [0.3, 0.4) is 0 Å². The Labute approximate surface area is 117 Å². The van der Waals surface area contributed by atoms with Gasteiger partial charge in [0.05, 0.1) is 18.3 Å². The lowest BCUT2D eigenvalue weighted by atomic mass is 10.3. The number of hydrogen-bond acceptors (Lipinski definition) is 3. The Morgan fingerprint density at radius 2 is 1.90 bits per heavy atom. The zero-order chi connectivity index (χ0) is 14.3. The molecular weight excluding hydrogens is 284 g/mol. The maximum atomic E-state index is 13.4. The summed E-state index contributed by atoms with van der Waals surface area (Å²) in [4.78, 5) is 7.18. The van der Waals surface area contributed by atoms with Gasteiger partial charge in [0.25, 0.3) is 0 Å². The van der Waals surface area contributed by atoms with Crippen LogP contribution in [0, 0.1) is 16.4 Å². The molecule has 0 spiro atoms. The molecule has 20 heavy (non-hydrogen) atoms. The summed E-state index contributed by atoms with van der Waals surface area (Å²) in [6.45, 7) is 0. The second-order valence-corrected chi connectivity index (χ2v) is 4.50. The third-order valence-corrected chi connectivity index (χ3v) is 3.11. The number of fused-ring (bicyclic) bond motifs is 1. The normalized spacial score (nSPS) is 10.9. The first-order valence-corrected chi connectivity index (χ1v) is 6.11. The van der Waals surface area contributed by atoms with Gasteiger partial charge in [-0.25, -0.2) is 8.78 Å². The first kappa shape index (κ1) is 12.7. The zero-order valence-corrected chi connectivity index (χ0v) is 11.2. The Hall–Kier alpha value is -2.28. The van der Waals surface area contributed by atoms with E-state index in [1.807, 2.05) is 0 Å². The predicted molar refractivity (Wildman–Crippen MR) is 72.7 cm³/mol. The SMILES string of the molecule is COc1ccc2[nH]c(=S)n(-c3cc(F)cc(F)c3)c2n1. The fourth-order valence-electron chi connectivity index (χ4n) is 1.99. The molecular formula is C13H9F2N3OS. The molecule has 0 aliphatic heterocycles. The summed E-state index contributed by atoms with van der Waals surface area (Å²) < 4.78 is 33.5. The van der Waals surface area contributed by atoms with Crippen LogP contribution >= 0.6 is 12.2 Å². The third-order valence-electron chi connectivity index (χ3n) is 2.82. The predicted octanol–water partition coefficient (Wildman–Crippen LogP) is 3.37. The van der Waals surface area contributed by atoms with Crippen LogP contribution in [0.2, 0.25) is 0 Å². The summed E-state index contributed by atoms with van der Waals surface area (Å²) in [5.41, 5.74) is 1.36. The number of pyridine rings is 1. The monoisotopic (exact) mass is 293 g/mol. The standard InChI is InChI=1S/C13H9F2N3OS/c1-19-11-3-2-10-12(17-11)18(13(20)16-10)9-5-7(14)4-8(15)6-9/h2-6H,1H3,(H,16,20). The number of rotatable bonds is 2. The first-order chi connectivity index (χ1) is 9.58. The molecule has 2 heterocycles. The number of H-pyrrole nitrogens is 1. The van der Waals surface area contributed by atoms with E-state index in [0.29, 0.717) is 21.8 Å². The van der Waals surface area contributed by atoms with Crippen molar-refractivity contribution in [1.29, 1.82) is 0 Å². The molecule has 0 unspecified atom stereocenters. The van der Waals surface area contributed by atoms with Crippen molar-refractivity contribution in [3.63, 3.8) is 0 Å². The maximum absolute atomic E-state index is 13.4. The maximum Gasteiger partial charge on any atom is 0.215 e. The highest BCUT2D eigenvalue weighted by atomic mass is 32.1. The molecule has 3 aromatic rings. The Balaban J connectivity index is 2.34. The number of hydrogen-bond donors (Lipinski definition) is 1. The Morgan fingerprint density at radius 1 is 1.20 bits per heavy atom. The molecule has 0 atom stereocenters. The molecule has 102 valence electrons. The molecule has 0 aliphatic carbocycles. The fourth-order valence-corrected chi connectivity index (χ4v) is 2.29. The highest BCUT2D eigenvalue weighted by Gasteiger charge is 2.11. The Morgan fingerprint density at radius 3 is 2.55 bits per heavy atom. The van der Waals surface area contributed by atoms with Crippen LogP contribution in [-0.4, -0.2) is 21.6 Å². The number of benzene rings is 1. The van der Waals surface area contributed by atoms with Crippen molar-refractivity contribution in [3.8, 4) is 11.6 Å². The number of halogens is 2. The minimum Gasteiger partial charge on any atom is -0.481 e.